The average Bonchev–Trinajstić information content (AvgIpc) is 2.26. The highest BCUT2D eigenvalue weighted by atomic mass is 16.2. The molecule has 0 aliphatic carbocycles. The number of benzene rings is 1. The van der Waals surface area contributed by atoms with Gasteiger partial charge < -0.3 is 5.32 Å². The third kappa shape index (κ3) is 2.74. The van der Waals surface area contributed by atoms with Crippen molar-refractivity contribution >= 4 is 11.6 Å². The molecule has 1 atom stereocenters. The summed E-state index contributed by atoms with van der Waals surface area (Å²) < 4.78 is 0. The highest BCUT2D eigenvalue weighted by Gasteiger charge is 2.13. The van der Waals surface area contributed by atoms with E-state index in [9.17, 15) is 4.79 Å². The van der Waals surface area contributed by atoms with Crippen LogP contribution in [0, 0.1) is 0 Å². The second kappa shape index (κ2) is 5.24. The zero-order chi connectivity index (χ0) is 10.4. The molecule has 1 aromatic rings. The van der Waals surface area contributed by atoms with E-state index in [1.54, 1.807) is 0 Å². The smallest absolute Gasteiger partial charge is 0.256 e. The van der Waals surface area contributed by atoms with Gasteiger partial charge in [0.2, 0.25) is 0 Å². The number of hydrogen-bond acceptors (Lipinski definition) is 3. The monoisotopic (exact) mass is 193 g/mol. The summed E-state index contributed by atoms with van der Waals surface area (Å²) in [5, 5.41) is 3.09. The van der Waals surface area contributed by atoms with Gasteiger partial charge in [-0.25, -0.2) is 5.84 Å². The Morgan fingerprint density at radius 2 is 2.07 bits per heavy atom. The number of carbonyl (C=O) groups excluding carboxylic acids is 1. The second-order valence-corrected chi connectivity index (χ2v) is 2.98. The summed E-state index contributed by atoms with van der Waals surface area (Å²) in [6.07, 6.45) is 0.692. The van der Waals surface area contributed by atoms with E-state index in [0.717, 1.165) is 5.69 Å². The summed E-state index contributed by atoms with van der Waals surface area (Å²) in [6.45, 7) is 1.93. The van der Waals surface area contributed by atoms with Crippen LogP contribution >= 0.6 is 0 Å². The molecule has 1 amide bonds. The highest BCUT2D eigenvalue weighted by Crippen LogP contribution is 2.08. The van der Waals surface area contributed by atoms with E-state index < -0.39 is 0 Å². The molecule has 0 aliphatic rings. The van der Waals surface area contributed by atoms with E-state index in [1.807, 2.05) is 37.3 Å². The van der Waals surface area contributed by atoms with Gasteiger partial charge in [0, 0.05) is 5.69 Å². The van der Waals surface area contributed by atoms with E-state index in [-0.39, 0.29) is 11.9 Å². The molecule has 0 radical (unpaired) electrons. The van der Waals surface area contributed by atoms with Crippen LogP contribution in [0.5, 0.6) is 0 Å². The lowest BCUT2D eigenvalue weighted by Crippen LogP contribution is -2.42. The Morgan fingerprint density at radius 3 is 2.57 bits per heavy atom. The maximum atomic E-state index is 11.2. The molecule has 14 heavy (non-hydrogen) atoms. The van der Waals surface area contributed by atoms with Crippen molar-refractivity contribution in [2.45, 2.75) is 19.4 Å². The number of hydrazine groups is 1. The first-order valence-electron chi connectivity index (χ1n) is 4.60. The first kappa shape index (κ1) is 10.5. The Balaban J connectivity index is 2.62. The SMILES string of the molecule is CC[C@H](Nc1ccccc1)C(=O)NN. The Morgan fingerprint density at radius 1 is 1.43 bits per heavy atom. The molecule has 0 bridgehead atoms. The van der Waals surface area contributed by atoms with E-state index in [4.69, 9.17) is 5.84 Å². The van der Waals surface area contributed by atoms with Crippen LogP contribution in [0.4, 0.5) is 5.69 Å². The number of rotatable bonds is 4. The molecule has 76 valence electrons. The van der Waals surface area contributed by atoms with Gasteiger partial charge >= 0.3 is 0 Å². The van der Waals surface area contributed by atoms with Crippen molar-refractivity contribution in [3.05, 3.63) is 30.3 Å². The first-order chi connectivity index (χ1) is 6.77. The molecule has 0 aromatic heterocycles. The molecule has 4 heteroatoms. The molecule has 0 unspecified atom stereocenters. The topological polar surface area (TPSA) is 67.2 Å². The van der Waals surface area contributed by atoms with E-state index >= 15 is 0 Å². The van der Waals surface area contributed by atoms with Gasteiger partial charge in [0.05, 0.1) is 0 Å². The average molecular weight is 193 g/mol. The van der Waals surface area contributed by atoms with Gasteiger partial charge in [-0.2, -0.15) is 0 Å². The van der Waals surface area contributed by atoms with Crippen LogP contribution in [-0.2, 0) is 4.79 Å². The summed E-state index contributed by atoms with van der Waals surface area (Å²) in [4.78, 5) is 11.2. The first-order valence-corrected chi connectivity index (χ1v) is 4.60. The summed E-state index contributed by atoms with van der Waals surface area (Å²) in [5.74, 6) is 4.86. The van der Waals surface area contributed by atoms with Gasteiger partial charge in [0.1, 0.15) is 6.04 Å². The summed E-state index contributed by atoms with van der Waals surface area (Å²) in [5.41, 5.74) is 3.05. The van der Waals surface area contributed by atoms with Crippen LogP contribution in [0.3, 0.4) is 0 Å². The number of amides is 1. The minimum atomic E-state index is -0.276. The maximum Gasteiger partial charge on any atom is 0.256 e. The lowest BCUT2D eigenvalue weighted by molar-refractivity contribution is -0.121. The second-order valence-electron chi connectivity index (χ2n) is 2.98. The van der Waals surface area contributed by atoms with Gasteiger partial charge in [-0.1, -0.05) is 25.1 Å². The minimum Gasteiger partial charge on any atom is -0.374 e. The van der Waals surface area contributed by atoms with E-state index in [2.05, 4.69) is 10.7 Å². The molecule has 0 fully saturated rings. The number of hydrogen-bond donors (Lipinski definition) is 3. The number of para-hydroxylation sites is 1. The Hall–Kier alpha value is -1.55. The van der Waals surface area contributed by atoms with Crippen molar-refractivity contribution in [1.29, 1.82) is 0 Å². The number of nitrogens with two attached hydrogens (primary N) is 1. The quantitative estimate of drug-likeness (QED) is 0.377. The van der Waals surface area contributed by atoms with Crippen molar-refractivity contribution in [3.8, 4) is 0 Å². The third-order valence-corrected chi connectivity index (χ3v) is 1.98. The van der Waals surface area contributed by atoms with Crippen LogP contribution in [0.25, 0.3) is 0 Å². The fourth-order valence-electron chi connectivity index (χ4n) is 1.19. The van der Waals surface area contributed by atoms with Gasteiger partial charge in [-0.15, -0.1) is 0 Å². The fraction of sp³-hybridized carbons (Fsp3) is 0.300. The molecule has 0 spiro atoms. The third-order valence-electron chi connectivity index (χ3n) is 1.98. The van der Waals surface area contributed by atoms with Crippen LogP contribution in [-0.4, -0.2) is 11.9 Å². The molecule has 4 N–H and O–H groups in total. The lowest BCUT2D eigenvalue weighted by Gasteiger charge is -2.15. The van der Waals surface area contributed by atoms with Crippen LogP contribution in [0.1, 0.15) is 13.3 Å². The van der Waals surface area contributed by atoms with Crippen molar-refractivity contribution in [1.82, 2.24) is 5.43 Å². The Labute approximate surface area is 83.5 Å². The van der Waals surface area contributed by atoms with Crippen LogP contribution < -0.4 is 16.6 Å². The van der Waals surface area contributed by atoms with Crippen molar-refractivity contribution in [2.75, 3.05) is 5.32 Å². The molecule has 4 nitrogen and oxygen atoms in total. The fourth-order valence-corrected chi connectivity index (χ4v) is 1.19. The van der Waals surface area contributed by atoms with Gasteiger partial charge in [-0.05, 0) is 18.6 Å². The van der Waals surface area contributed by atoms with Gasteiger partial charge in [-0.3, -0.25) is 10.2 Å². The van der Waals surface area contributed by atoms with Crippen LogP contribution in [0.2, 0.25) is 0 Å². The number of anilines is 1. The number of nitrogens with one attached hydrogen (secondary N) is 2. The zero-order valence-electron chi connectivity index (χ0n) is 8.16. The highest BCUT2D eigenvalue weighted by molar-refractivity contribution is 5.83. The molecule has 0 heterocycles. The summed E-state index contributed by atoms with van der Waals surface area (Å²) >= 11 is 0. The van der Waals surface area contributed by atoms with Gasteiger partial charge in [0.15, 0.2) is 0 Å². The summed E-state index contributed by atoms with van der Waals surface area (Å²) in [6, 6.07) is 9.29. The standard InChI is InChI=1S/C10H15N3O/c1-2-9(10(14)13-11)12-8-6-4-3-5-7-8/h3-7,9,12H,2,11H2,1H3,(H,13,14)/t9-/m0/s1. The predicted octanol–water partition coefficient (Wildman–Crippen LogP) is 0.867. The minimum absolute atomic E-state index is 0.198. The number of carbonyl (C=O) groups is 1. The Bertz CT molecular complexity index is 287. The Kier molecular flexibility index (Phi) is 3.94. The maximum absolute atomic E-state index is 11.2. The zero-order valence-corrected chi connectivity index (χ0v) is 8.16. The molecule has 1 aromatic carbocycles. The van der Waals surface area contributed by atoms with Crippen molar-refractivity contribution in [3.63, 3.8) is 0 Å². The predicted molar refractivity (Wildman–Crippen MR) is 56.5 cm³/mol. The molecule has 0 saturated carbocycles. The molecule has 1 rings (SSSR count). The largest absolute Gasteiger partial charge is 0.374 e. The lowest BCUT2D eigenvalue weighted by atomic mass is 10.2. The molecular weight excluding hydrogens is 178 g/mol. The molecular formula is C10H15N3O. The molecule has 0 saturated heterocycles. The van der Waals surface area contributed by atoms with Crippen molar-refractivity contribution < 1.29 is 4.79 Å². The normalized spacial score (nSPS) is 11.9. The molecule has 0 aliphatic heterocycles. The summed E-state index contributed by atoms with van der Waals surface area (Å²) in [7, 11) is 0. The van der Waals surface area contributed by atoms with E-state index in [1.165, 1.54) is 0 Å². The van der Waals surface area contributed by atoms with E-state index in [0.29, 0.717) is 6.42 Å². The van der Waals surface area contributed by atoms with Crippen molar-refractivity contribution in [2.24, 2.45) is 5.84 Å². The van der Waals surface area contributed by atoms with Crippen LogP contribution in [0.15, 0.2) is 30.3 Å². The van der Waals surface area contributed by atoms with Gasteiger partial charge in [0.25, 0.3) is 5.91 Å².